The Morgan fingerprint density at radius 2 is 1.50 bits per heavy atom. The summed E-state index contributed by atoms with van der Waals surface area (Å²) in [5.41, 5.74) is 3.05. The lowest BCUT2D eigenvalue weighted by molar-refractivity contribution is -0.122. The summed E-state index contributed by atoms with van der Waals surface area (Å²) in [5.74, 6) is 0.283. The Morgan fingerprint density at radius 1 is 0.867 bits per heavy atom. The van der Waals surface area contributed by atoms with Crippen molar-refractivity contribution < 1.29 is 17.9 Å². The molecule has 30 heavy (non-hydrogen) atoms. The minimum absolute atomic E-state index is 0.102. The van der Waals surface area contributed by atoms with Crippen LogP contribution < -0.4 is 14.8 Å². The maximum atomic E-state index is 12.5. The number of nitrogens with one attached hydrogen (secondary N) is 2. The number of hydrogen-bond acceptors (Lipinski definition) is 4. The fraction of sp³-hybridized carbons (Fsp3) is 0.174. The molecule has 0 heterocycles. The van der Waals surface area contributed by atoms with E-state index in [2.05, 4.69) is 10.0 Å². The van der Waals surface area contributed by atoms with E-state index in [1.165, 1.54) is 12.1 Å². The van der Waals surface area contributed by atoms with Gasteiger partial charge in [0.15, 0.2) is 6.10 Å². The first-order chi connectivity index (χ1) is 14.2. The van der Waals surface area contributed by atoms with Gasteiger partial charge in [0.2, 0.25) is 0 Å². The van der Waals surface area contributed by atoms with Crippen LogP contribution in [0.1, 0.15) is 18.1 Å². The molecule has 0 bridgehead atoms. The third-order valence-corrected chi connectivity index (χ3v) is 5.80. The fourth-order valence-electron chi connectivity index (χ4n) is 2.74. The first-order valence-corrected chi connectivity index (χ1v) is 10.9. The second-order valence-electron chi connectivity index (χ2n) is 7.06. The Bertz CT molecular complexity index is 1120. The average Bonchev–Trinajstić information content (AvgIpc) is 2.70. The van der Waals surface area contributed by atoms with E-state index in [4.69, 9.17) is 4.74 Å². The van der Waals surface area contributed by atoms with E-state index in [-0.39, 0.29) is 10.8 Å². The molecule has 0 aromatic heterocycles. The number of benzene rings is 3. The number of sulfonamides is 1. The summed E-state index contributed by atoms with van der Waals surface area (Å²) in [7, 11) is -3.72. The van der Waals surface area contributed by atoms with Gasteiger partial charge in [0.25, 0.3) is 15.9 Å². The maximum Gasteiger partial charge on any atom is 0.265 e. The molecule has 0 saturated carbocycles. The summed E-state index contributed by atoms with van der Waals surface area (Å²) >= 11 is 0. The lowest BCUT2D eigenvalue weighted by Gasteiger charge is -2.15. The Labute approximate surface area is 177 Å². The van der Waals surface area contributed by atoms with Crippen LogP contribution in [0, 0.1) is 13.8 Å². The second kappa shape index (κ2) is 9.00. The summed E-state index contributed by atoms with van der Waals surface area (Å²) in [6.07, 6.45) is -0.710. The predicted molar refractivity (Wildman–Crippen MR) is 118 cm³/mol. The largest absolute Gasteiger partial charge is 0.481 e. The molecule has 0 aliphatic heterocycles. The van der Waals surface area contributed by atoms with Crippen molar-refractivity contribution in [3.63, 3.8) is 0 Å². The summed E-state index contributed by atoms with van der Waals surface area (Å²) < 4.78 is 33.3. The zero-order chi connectivity index (χ0) is 21.7. The molecule has 0 aliphatic rings. The molecule has 1 amide bonds. The van der Waals surface area contributed by atoms with Crippen molar-refractivity contribution in [3.05, 3.63) is 83.9 Å². The highest BCUT2D eigenvalue weighted by molar-refractivity contribution is 7.92. The molecule has 0 radical (unpaired) electrons. The van der Waals surface area contributed by atoms with E-state index < -0.39 is 16.1 Å². The molecule has 1 atom stereocenters. The SMILES string of the molecule is Cc1ccc(NS(=O)(=O)c2ccc(NC(=O)[C@@H](C)Oc3cccc(C)c3)cc2)cc1. The van der Waals surface area contributed by atoms with E-state index in [0.717, 1.165) is 11.1 Å². The van der Waals surface area contributed by atoms with Gasteiger partial charge in [0.1, 0.15) is 5.75 Å². The lowest BCUT2D eigenvalue weighted by atomic mass is 10.2. The van der Waals surface area contributed by atoms with Crippen LogP contribution in [0.3, 0.4) is 0 Å². The van der Waals surface area contributed by atoms with Crippen molar-refractivity contribution in [2.45, 2.75) is 31.8 Å². The standard InChI is InChI=1S/C23H24N2O4S/c1-16-7-9-20(10-8-16)25-30(27,28)22-13-11-19(12-14-22)24-23(26)18(3)29-21-6-4-5-17(2)15-21/h4-15,18,25H,1-3H3,(H,24,26)/t18-/m1/s1. The molecule has 3 rings (SSSR count). The lowest BCUT2D eigenvalue weighted by Crippen LogP contribution is -2.30. The van der Waals surface area contributed by atoms with Crippen LogP contribution in [0.4, 0.5) is 11.4 Å². The molecule has 0 aliphatic carbocycles. The van der Waals surface area contributed by atoms with Crippen LogP contribution in [0.25, 0.3) is 0 Å². The first kappa shape index (κ1) is 21.4. The molecule has 7 heteroatoms. The van der Waals surface area contributed by atoms with Gasteiger partial charge in [-0.15, -0.1) is 0 Å². The molecule has 6 nitrogen and oxygen atoms in total. The zero-order valence-corrected chi connectivity index (χ0v) is 17.9. The molecule has 3 aromatic carbocycles. The van der Waals surface area contributed by atoms with E-state index in [1.54, 1.807) is 37.3 Å². The van der Waals surface area contributed by atoms with Gasteiger partial charge in [0.05, 0.1) is 4.90 Å². The highest BCUT2D eigenvalue weighted by Crippen LogP contribution is 2.19. The number of hydrogen-bond donors (Lipinski definition) is 2. The third kappa shape index (κ3) is 5.61. The summed E-state index contributed by atoms with van der Waals surface area (Å²) in [6.45, 7) is 5.53. The maximum absolute atomic E-state index is 12.5. The topological polar surface area (TPSA) is 84.5 Å². The number of carbonyl (C=O) groups excluding carboxylic acids is 1. The molecule has 2 N–H and O–H groups in total. The van der Waals surface area contributed by atoms with Gasteiger partial charge < -0.3 is 10.1 Å². The fourth-order valence-corrected chi connectivity index (χ4v) is 3.80. The van der Waals surface area contributed by atoms with E-state index in [1.807, 2.05) is 44.2 Å². The highest BCUT2D eigenvalue weighted by atomic mass is 32.2. The van der Waals surface area contributed by atoms with Crippen LogP contribution in [0.5, 0.6) is 5.75 Å². The van der Waals surface area contributed by atoms with Crippen molar-refractivity contribution in [1.82, 2.24) is 0 Å². The number of anilines is 2. The third-order valence-electron chi connectivity index (χ3n) is 4.41. The molecule has 0 unspecified atom stereocenters. The predicted octanol–water partition coefficient (Wildman–Crippen LogP) is 4.51. The Balaban J connectivity index is 1.63. The zero-order valence-electron chi connectivity index (χ0n) is 17.0. The first-order valence-electron chi connectivity index (χ1n) is 9.47. The van der Waals surface area contributed by atoms with E-state index >= 15 is 0 Å². The quantitative estimate of drug-likeness (QED) is 0.584. The van der Waals surface area contributed by atoms with Gasteiger partial charge in [0, 0.05) is 11.4 Å². The number of amides is 1. The molecule has 0 spiro atoms. The van der Waals surface area contributed by atoms with Crippen LogP contribution in [-0.2, 0) is 14.8 Å². The minimum atomic E-state index is -3.72. The van der Waals surface area contributed by atoms with Crippen molar-refractivity contribution in [1.29, 1.82) is 0 Å². The van der Waals surface area contributed by atoms with Gasteiger partial charge in [-0.25, -0.2) is 8.42 Å². The Kier molecular flexibility index (Phi) is 6.42. The van der Waals surface area contributed by atoms with Crippen molar-refractivity contribution in [3.8, 4) is 5.75 Å². The van der Waals surface area contributed by atoms with Gasteiger partial charge >= 0.3 is 0 Å². The van der Waals surface area contributed by atoms with Crippen molar-refractivity contribution in [2.75, 3.05) is 10.0 Å². The van der Waals surface area contributed by atoms with Gasteiger partial charge in [-0.1, -0.05) is 29.8 Å². The molecule has 3 aromatic rings. The molecule has 0 fully saturated rings. The molecule has 156 valence electrons. The Morgan fingerprint density at radius 3 is 2.13 bits per heavy atom. The van der Waals surface area contributed by atoms with Gasteiger partial charge in [-0.3, -0.25) is 9.52 Å². The van der Waals surface area contributed by atoms with E-state index in [0.29, 0.717) is 17.1 Å². The summed E-state index contributed by atoms with van der Waals surface area (Å²) in [5, 5.41) is 2.73. The van der Waals surface area contributed by atoms with Crippen LogP contribution >= 0.6 is 0 Å². The highest BCUT2D eigenvalue weighted by Gasteiger charge is 2.17. The number of rotatable bonds is 7. The van der Waals surface area contributed by atoms with Crippen LogP contribution in [0.2, 0.25) is 0 Å². The number of aryl methyl sites for hydroxylation is 2. The average molecular weight is 425 g/mol. The van der Waals surface area contributed by atoms with Crippen LogP contribution in [0.15, 0.2) is 77.7 Å². The van der Waals surface area contributed by atoms with E-state index in [9.17, 15) is 13.2 Å². The van der Waals surface area contributed by atoms with Crippen LogP contribution in [-0.4, -0.2) is 20.4 Å². The summed E-state index contributed by atoms with van der Waals surface area (Å²) in [6, 6.07) is 20.5. The van der Waals surface area contributed by atoms with Gasteiger partial charge in [-0.2, -0.15) is 0 Å². The summed E-state index contributed by atoms with van der Waals surface area (Å²) in [4.78, 5) is 12.5. The van der Waals surface area contributed by atoms with Gasteiger partial charge in [-0.05, 0) is 74.9 Å². The molecular weight excluding hydrogens is 400 g/mol. The molecular formula is C23H24N2O4S. The Hall–Kier alpha value is -3.32. The molecule has 0 saturated heterocycles. The van der Waals surface area contributed by atoms with Crippen molar-refractivity contribution >= 4 is 27.3 Å². The normalized spacial score (nSPS) is 12.1. The number of ether oxygens (including phenoxy) is 1. The van der Waals surface area contributed by atoms with Crippen molar-refractivity contribution in [2.24, 2.45) is 0 Å². The number of carbonyl (C=O) groups is 1. The smallest absolute Gasteiger partial charge is 0.265 e. The second-order valence-corrected chi connectivity index (χ2v) is 8.74. The monoisotopic (exact) mass is 424 g/mol. The minimum Gasteiger partial charge on any atom is -0.481 e.